The number of ether oxygens (including phenoxy) is 2. The van der Waals surface area contributed by atoms with Crippen LogP contribution in [0.15, 0.2) is 54.6 Å². The van der Waals surface area contributed by atoms with Crippen molar-refractivity contribution in [2.45, 2.75) is 6.36 Å². The lowest BCUT2D eigenvalue weighted by atomic mass is 10.1. The third-order valence-electron chi connectivity index (χ3n) is 2.50. The fraction of sp³-hybridized carbons (Fsp3) is 0.133. The maximum atomic E-state index is 12.1. The van der Waals surface area contributed by atoms with Crippen LogP contribution in [0.3, 0.4) is 0 Å². The summed E-state index contributed by atoms with van der Waals surface area (Å²) < 4.78 is 45.3. The molecule has 0 saturated carbocycles. The van der Waals surface area contributed by atoms with E-state index in [0.29, 0.717) is 5.75 Å². The highest BCUT2D eigenvalue weighted by Gasteiger charge is 2.31. The van der Waals surface area contributed by atoms with Crippen LogP contribution in [-0.4, -0.2) is 18.8 Å². The third-order valence-corrected chi connectivity index (χ3v) is 2.50. The number of hydrogen-bond donors (Lipinski definition) is 0. The molecule has 0 N–H and O–H groups in total. The molecule has 0 heterocycles. The molecular weight excluding hydrogens is 285 g/mol. The normalized spacial score (nSPS) is 11.0. The fourth-order valence-corrected chi connectivity index (χ4v) is 1.62. The van der Waals surface area contributed by atoms with E-state index in [0.717, 1.165) is 12.1 Å². The highest BCUT2D eigenvalue weighted by Crippen LogP contribution is 2.23. The number of benzene rings is 2. The second kappa shape index (κ2) is 6.30. The minimum absolute atomic E-state index is 0.0904. The summed E-state index contributed by atoms with van der Waals surface area (Å²) in [5, 5.41) is 0. The molecule has 0 amide bonds. The predicted molar refractivity (Wildman–Crippen MR) is 69.4 cm³/mol. The molecule has 0 aliphatic carbocycles. The van der Waals surface area contributed by atoms with Crippen LogP contribution in [0, 0.1) is 0 Å². The van der Waals surface area contributed by atoms with Crippen molar-refractivity contribution in [3.63, 3.8) is 0 Å². The summed E-state index contributed by atoms with van der Waals surface area (Å²) in [6, 6.07) is 13.5. The van der Waals surface area contributed by atoms with Gasteiger partial charge in [-0.25, -0.2) is 0 Å². The largest absolute Gasteiger partial charge is 0.573 e. The van der Waals surface area contributed by atoms with Crippen molar-refractivity contribution in [2.24, 2.45) is 0 Å². The van der Waals surface area contributed by atoms with Gasteiger partial charge in [-0.05, 0) is 24.3 Å². The van der Waals surface area contributed by atoms with Crippen molar-refractivity contribution in [3.05, 3.63) is 60.2 Å². The predicted octanol–water partition coefficient (Wildman–Crippen LogP) is 3.85. The van der Waals surface area contributed by atoms with E-state index in [1.54, 1.807) is 30.3 Å². The van der Waals surface area contributed by atoms with E-state index in [4.69, 9.17) is 4.74 Å². The number of rotatable bonds is 5. The van der Waals surface area contributed by atoms with Crippen molar-refractivity contribution < 1.29 is 27.4 Å². The quantitative estimate of drug-likeness (QED) is 0.786. The van der Waals surface area contributed by atoms with Crippen LogP contribution in [0.2, 0.25) is 0 Å². The molecule has 0 aromatic heterocycles. The molecule has 110 valence electrons. The standard InChI is InChI=1S/C15H11F3O3/c16-15(17,18)21-13-8-4-5-11(9-13)14(19)10-20-12-6-2-1-3-7-12/h1-9H,10H2. The second-order valence-electron chi connectivity index (χ2n) is 4.10. The molecule has 0 bridgehead atoms. The first-order chi connectivity index (χ1) is 9.94. The molecule has 2 aromatic rings. The van der Waals surface area contributed by atoms with Gasteiger partial charge in [-0.15, -0.1) is 13.2 Å². The summed E-state index contributed by atoms with van der Waals surface area (Å²) in [7, 11) is 0. The van der Waals surface area contributed by atoms with Crippen LogP contribution in [0.5, 0.6) is 11.5 Å². The first kappa shape index (κ1) is 14.9. The fourth-order valence-electron chi connectivity index (χ4n) is 1.62. The van der Waals surface area contributed by atoms with Gasteiger partial charge in [0.05, 0.1) is 0 Å². The highest BCUT2D eigenvalue weighted by molar-refractivity contribution is 5.97. The lowest BCUT2D eigenvalue weighted by Crippen LogP contribution is -2.18. The molecule has 0 radical (unpaired) electrons. The Morgan fingerprint density at radius 3 is 2.29 bits per heavy atom. The molecule has 0 aliphatic heterocycles. The Morgan fingerprint density at radius 2 is 1.62 bits per heavy atom. The Hall–Kier alpha value is -2.50. The monoisotopic (exact) mass is 296 g/mol. The van der Waals surface area contributed by atoms with Crippen LogP contribution in [-0.2, 0) is 0 Å². The molecule has 6 heteroatoms. The minimum Gasteiger partial charge on any atom is -0.485 e. The van der Waals surface area contributed by atoms with Gasteiger partial charge in [-0.2, -0.15) is 0 Å². The zero-order chi connectivity index (χ0) is 15.3. The smallest absolute Gasteiger partial charge is 0.485 e. The topological polar surface area (TPSA) is 35.5 Å². The van der Waals surface area contributed by atoms with Gasteiger partial charge >= 0.3 is 6.36 Å². The van der Waals surface area contributed by atoms with Crippen LogP contribution >= 0.6 is 0 Å². The van der Waals surface area contributed by atoms with Crippen molar-refractivity contribution in [1.29, 1.82) is 0 Å². The summed E-state index contributed by atoms with van der Waals surface area (Å²) in [6.07, 6.45) is -4.79. The van der Waals surface area contributed by atoms with Crippen molar-refractivity contribution in [3.8, 4) is 11.5 Å². The van der Waals surface area contributed by atoms with Gasteiger partial charge in [0, 0.05) is 5.56 Å². The van der Waals surface area contributed by atoms with Gasteiger partial charge < -0.3 is 9.47 Å². The number of ketones is 1. The molecule has 0 atom stereocenters. The number of halogens is 3. The molecular formula is C15H11F3O3. The van der Waals surface area contributed by atoms with E-state index in [1.165, 1.54) is 12.1 Å². The third kappa shape index (κ3) is 4.83. The lowest BCUT2D eigenvalue weighted by molar-refractivity contribution is -0.274. The summed E-state index contributed by atoms with van der Waals surface area (Å²) in [5.41, 5.74) is 0.0904. The molecule has 0 fully saturated rings. The highest BCUT2D eigenvalue weighted by atomic mass is 19.4. The van der Waals surface area contributed by atoms with Gasteiger partial charge in [0.15, 0.2) is 12.4 Å². The Balaban J connectivity index is 2.01. The number of para-hydroxylation sites is 1. The zero-order valence-electron chi connectivity index (χ0n) is 10.8. The number of Topliss-reactive ketones (excluding diaryl/α,β-unsaturated/α-hetero) is 1. The van der Waals surface area contributed by atoms with E-state index in [1.807, 2.05) is 0 Å². The van der Waals surface area contributed by atoms with Crippen LogP contribution in [0.1, 0.15) is 10.4 Å². The Bertz CT molecular complexity index is 609. The number of carbonyl (C=O) groups is 1. The number of carbonyl (C=O) groups excluding carboxylic acids is 1. The Labute approximate surface area is 118 Å². The van der Waals surface area contributed by atoms with E-state index in [-0.39, 0.29) is 12.2 Å². The van der Waals surface area contributed by atoms with E-state index in [9.17, 15) is 18.0 Å². The van der Waals surface area contributed by atoms with Gasteiger partial charge in [-0.1, -0.05) is 30.3 Å². The molecule has 3 nitrogen and oxygen atoms in total. The lowest BCUT2D eigenvalue weighted by Gasteiger charge is -2.10. The summed E-state index contributed by atoms with van der Waals surface area (Å²) >= 11 is 0. The Kier molecular flexibility index (Phi) is 4.47. The number of alkyl halides is 3. The van der Waals surface area contributed by atoms with Crippen LogP contribution in [0.4, 0.5) is 13.2 Å². The van der Waals surface area contributed by atoms with Gasteiger partial charge in [0.25, 0.3) is 0 Å². The maximum absolute atomic E-state index is 12.1. The Morgan fingerprint density at radius 1 is 0.952 bits per heavy atom. The van der Waals surface area contributed by atoms with Crippen molar-refractivity contribution >= 4 is 5.78 Å². The average Bonchev–Trinajstić information content (AvgIpc) is 2.44. The van der Waals surface area contributed by atoms with Gasteiger partial charge in [0.1, 0.15) is 11.5 Å². The summed E-state index contributed by atoms with van der Waals surface area (Å²) in [4.78, 5) is 11.9. The first-order valence-corrected chi connectivity index (χ1v) is 6.01. The second-order valence-corrected chi connectivity index (χ2v) is 4.10. The van der Waals surface area contributed by atoms with E-state index >= 15 is 0 Å². The summed E-state index contributed by atoms with van der Waals surface area (Å²) in [5.74, 6) is -0.368. The van der Waals surface area contributed by atoms with E-state index in [2.05, 4.69) is 4.74 Å². The molecule has 0 saturated heterocycles. The molecule has 2 rings (SSSR count). The van der Waals surface area contributed by atoms with Crippen molar-refractivity contribution in [2.75, 3.05) is 6.61 Å². The number of hydrogen-bond acceptors (Lipinski definition) is 3. The average molecular weight is 296 g/mol. The van der Waals surface area contributed by atoms with Crippen LogP contribution in [0.25, 0.3) is 0 Å². The zero-order valence-corrected chi connectivity index (χ0v) is 10.8. The van der Waals surface area contributed by atoms with Gasteiger partial charge in [0.2, 0.25) is 0 Å². The SMILES string of the molecule is O=C(COc1ccccc1)c1cccc(OC(F)(F)F)c1. The van der Waals surface area contributed by atoms with Crippen LogP contribution < -0.4 is 9.47 Å². The first-order valence-electron chi connectivity index (χ1n) is 6.01. The maximum Gasteiger partial charge on any atom is 0.573 e. The van der Waals surface area contributed by atoms with E-state index < -0.39 is 17.9 Å². The molecule has 0 unspecified atom stereocenters. The minimum atomic E-state index is -4.79. The molecule has 21 heavy (non-hydrogen) atoms. The molecule has 0 aliphatic rings. The van der Waals surface area contributed by atoms with Gasteiger partial charge in [-0.3, -0.25) is 4.79 Å². The molecule has 0 spiro atoms. The summed E-state index contributed by atoms with van der Waals surface area (Å²) in [6.45, 7) is -0.264. The van der Waals surface area contributed by atoms with Crippen molar-refractivity contribution in [1.82, 2.24) is 0 Å². The molecule has 2 aromatic carbocycles.